The third kappa shape index (κ3) is 13.5. The van der Waals surface area contributed by atoms with E-state index < -0.39 is 15.0 Å². The van der Waals surface area contributed by atoms with Crippen LogP contribution in [0, 0.1) is 6.92 Å². The van der Waals surface area contributed by atoms with Crippen LogP contribution in [0.3, 0.4) is 0 Å². The van der Waals surface area contributed by atoms with Crippen molar-refractivity contribution in [2.24, 2.45) is 20.5 Å². The van der Waals surface area contributed by atoms with Crippen LogP contribution in [0.15, 0.2) is 126 Å². The Hall–Kier alpha value is -2.59. The van der Waals surface area contributed by atoms with E-state index in [1.807, 2.05) is 0 Å². The predicted octanol–water partition coefficient (Wildman–Crippen LogP) is -1.88. The molecular weight excluding hydrogens is 874 g/mol. The summed E-state index contributed by atoms with van der Waals surface area (Å²) in [7, 11) is -3.51. The van der Waals surface area contributed by atoms with Crippen LogP contribution in [0.2, 0.25) is 0 Å². The monoisotopic (exact) mass is 902 g/mol. The van der Waals surface area contributed by atoms with Crippen molar-refractivity contribution in [2.75, 3.05) is 24.9 Å². The number of benzene rings is 6. The molecule has 24 heteroatoms. The van der Waals surface area contributed by atoms with Gasteiger partial charge in [-0.15, -0.1) is 0 Å². The number of fused-ring (bicyclic) bond motifs is 2. The molecule has 0 saturated heterocycles. The maximum absolute atomic E-state index is 12.0. The number of ether oxygens (including phenoxy) is 2. The van der Waals surface area contributed by atoms with Crippen molar-refractivity contribution in [3.8, 4) is 17.2 Å². The molecule has 0 aliphatic carbocycles. The Morgan fingerprint density at radius 3 is 2.23 bits per heavy atom. The molecule has 4 N–H and O–H groups in total. The Labute approximate surface area is 418 Å². The molecule has 6 aromatic carbocycles. The minimum Gasteiger partial charge on any atom is -0.744 e. The molecule has 6 rings (SSSR count). The molecule has 6 aromatic rings. The van der Waals surface area contributed by atoms with Gasteiger partial charge in [0.25, 0.3) is 0 Å². The topological polar surface area (TPSA) is 266 Å². The molecule has 296 valence electrons. The van der Waals surface area contributed by atoms with E-state index in [9.17, 15) is 28.6 Å². The van der Waals surface area contributed by atoms with Gasteiger partial charge >= 0.3 is 88.7 Å². The average molecular weight is 903 g/mol. The quantitative estimate of drug-likeness (QED) is 0.0132. The van der Waals surface area contributed by atoms with E-state index in [0.29, 0.717) is 84.8 Å². The van der Waals surface area contributed by atoms with Crippen LogP contribution in [-0.2, 0) is 35.4 Å². The minimum absolute atomic E-state index is 0. The van der Waals surface area contributed by atoms with Crippen molar-refractivity contribution in [2.45, 2.75) is 28.2 Å². The minimum atomic E-state index is -4.93. The van der Waals surface area contributed by atoms with Crippen molar-refractivity contribution >= 4 is 84.2 Å². The van der Waals surface area contributed by atoms with Gasteiger partial charge in [0.15, 0.2) is 6.73 Å². The molecule has 0 unspecified atom stereocenters. The van der Waals surface area contributed by atoms with Gasteiger partial charge in [-0.05, 0) is 102 Å². The average Bonchev–Trinajstić information content (AvgIpc) is 3.19. The van der Waals surface area contributed by atoms with Gasteiger partial charge in [-0.3, -0.25) is 10.1 Å². The zero-order valence-corrected chi connectivity index (χ0v) is 41.1. The van der Waals surface area contributed by atoms with Gasteiger partial charge in [0, 0.05) is 43.6 Å². The summed E-state index contributed by atoms with van der Waals surface area (Å²) in [5.41, 5.74) is 8.92. The van der Waals surface area contributed by atoms with Crippen molar-refractivity contribution < 1.29 is 145 Å². The molecule has 0 spiro atoms. The normalized spacial score (nSPS) is 11.3. The second-order valence-corrected chi connectivity index (χ2v) is 14.7. The summed E-state index contributed by atoms with van der Waals surface area (Å²) in [6, 6.07) is 24.2. The number of nitrogens with two attached hydrogens (primary N) is 1. The Morgan fingerprint density at radius 1 is 0.800 bits per heavy atom. The van der Waals surface area contributed by atoms with Gasteiger partial charge in [0.05, 0.1) is 54.0 Å². The van der Waals surface area contributed by atoms with Gasteiger partial charge in [-0.1, -0.05) is 6.07 Å². The van der Waals surface area contributed by atoms with Crippen molar-refractivity contribution in [1.82, 2.24) is 0 Å². The van der Waals surface area contributed by atoms with Crippen molar-refractivity contribution in [1.29, 1.82) is 0 Å². The van der Waals surface area contributed by atoms with Gasteiger partial charge in [-0.25, -0.2) is 8.42 Å². The van der Waals surface area contributed by atoms with Crippen LogP contribution in [0.1, 0.15) is 11.1 Å². The molecule has 0 aliphatic rings. The maximum Gasteiger partial charge on any atom is 1.00 e. The van der Waals surface area contributed by atoms with E-state index in [-0.39, 0.29) is 129 Å². The molecule has 0 fully saturated rings. The molecular formula is C36H29N6Na3O12S3. The number of hydrogen-bond donors (Lipinski definition) is 3. The van der Waals surface area contributed by atoms with Gasteiger partial charge in [0.1, 0.15) is 33.1 Å². The van der Waals surface area contributed by atoms with Crippen LogP contribution in [-0.4, -0.2) is 31.9 Å². The number of nitrogen functional groups attached to an aromatic ring is 1. The SMILES string of the molecule is COc1cc(N=Nc2ccc3cc(SOO[O-])cc(S(=O)(=O)[O-])c3c2)c(C)cc1N=NCc1c(SOO[O-])cc2cc(NCOc3ccc(N)cc3)ccc2c1O.[Na+].[Na+].[Na+]. The maximum atomic E-state index is 12.0. The number of aromatic hydroxyl groups is 1. The van der Waals surface area contributed by atoms with Crippen LogP contribution < -0.4 is 120 Å². The number of nitrogens with one attached hydrogen (secondary N) is 1. The van der Waals surface area contributed by atoms with Crippen LogP contribution in [0.5, 0.6) is 17.2 Å². The molecule has 0 radical (unpaired) electrons. The molecule has 0 heterocycles. The standard InChI is InChI=1S/C36H32N6O12S3.3Na/c1-20-11-32(33(49-2)17-31(20)42-40-25-6-3-21-13-27(55-53-51-44)16-35(29(21)15-25)57(46,47)48)41-39-18-30-34(56-54-52-45)14-22-12-24(7-10-28(22)36(30)43)38-19-50-26-8-4-23(37)5-9-26;;;/h3-17,38,43-45H,18-19,37H2,1-2H3,(H,46,47,48);;;/q;3*+1/p-3. The summed E-state index contributed by atoms with van der Waals surface area (Å²) >= 11 is 1.05. The summed E-state index contributed by atoms with van der Waals surface area (Å²) in [4.78, 5) is -0.0474. The number of anilines is 2. The predicted molar refractivity (Wildman–Crippen MR) is 204 cm³/mol. The summed E-state index contributed by atoms with van der Waals surface area (Å²) in [6.45, 7) is 1.78. The zero-order chi connectivity index (χ0) is 40.5. The molecule has 0 bridgehead atoms. The van der Waals surface area contributed by atoms with Crippen LogP contribution in [0.25, 0.3) is 21.5 Å². The van der Waals surface area contributed by atoms with Gasteiger partial charge in [-0.2, -0.15) is 29.1 Å². The fraction of sp³-hybridized carbons (Fsp3) is 0.111. The van der Waals surface area contributed by atoms with Gasteiger partial charge < -0.3 is 40.7 Å². The number of methoxy groups -OCH3 is 1. The summed E-state index contributed by atoms with van der Waals surface area (Å²) in [5.74, 6) is 0.806. The Bertz CT molecular complexity index is 2600. The second kappa shape index (κ2) is 24.3. The summed E-state index contributed by atoms with van der Waals surface area (Å²) in [5, 5.41) is 61.0. The van der Waals surface area contributed by atoms with E-state index in [0.717, 1.165) is 6.07 Å². The number of rotatable bonds is 17. The molecule has 18 nitrogen and oxygen atoms in total. The molecule has 60 heavy (non-hydrogen) atoms. The number of aryl methyl sites for hydroxylation is 1. The van der Waals surface area contributed by atoms with Crippen molar-refractivity contribution in [3.05, 3.63) is 102 Å². The first-order chi connectivity index (χ1) is 27.5. The molecule has 0 amide bonds. The Kier molecular flexibility index (Phi) is 21.0. The molecule has 0 atom stereocenters. The third-order valence-corrected chi connectivity index (χ3v) is 10.3. The van der Waals surface area contributed by atoms with E-state index >= 15 is 0 Å². The van der Waals surface area contributed by atoms with E-state index in [1.165, 1.54) is 25.3 Å². The number of phenolic OH excluding ortho intramolecular Hbond substituents is 1. The number of azo groups is 2. The Balaban J connectivity index is 0.00000320. The third-order valence-electron chi connectivity index (χ3n) is 8.20. The fourth-order valence-corrected chi connectivity index (χ4v) is 7.30. The van der Waals surface area contributed by atoms with E-state index in [2.05, 4.69) is 44.5 Å². The Morgan fingerprint density at radius 2 is 1.53 bits per heavy atom. The molecule has 0 saturated carbocycles. The first-order valence-corrected chi connectivity index (χ1v) is 19.1. The first kappa shape index (κ1) is 51.8. The molecule has 0 aromatic heterocycles. The zero-order valence-electron chi connectivity index (χ0n) is 32.6. The number of phenols is 1. The molecule has 0 aliphatic heterocycles. The van der Waals surface area contributed by atoms with Crippen LogP contribution in [0.4, 0.5) is 28.4 Å². The number of nitrogens with zero attached hydrogens (tertiary/aromatic N) is 4. The summed E-state index contributed by atoms with van der Waals surface area (Å²) in [6.07, 6.45) is 0. The van der Waals surface area contributed by atoms with E-state index in [1.54, 1.807) is 73.7 Å². The fourth-order valence-electron chi connectivity index (χ4n) is 5.52. The summed E-state index contributed by atoms with van der Waals surface area (Å²) < 4.78 is 56.2. The van der Waals surface area contributed by atoms with E-state index in [4.69, 9.17) is 15.2 Å². The van der Waals surface area contributed by atoms with Gasteiger partial charge in [0.2, 0.25) is 0 Å². The van der Waals surface area contributed by atoms with Crippen LogP contribution >= 0.6 is 24.1 Å². The largest absolute Gasteiger partial charge is 1.00 e. The smallest absolute Gasteiger partial charge is 0.744 e. The second-order valence-electron chi connectivity index (χ2n) is 11.8. The van der Waals surface area contributed by atoms with Crippen molar-refractivity contribution in [3.63, 3.8) is 0 Å². The first-order valence-electron chi connectivity index (χ1n) is 16.3. The number of hydrogen-bond acceptors (Lipinski definition) is 20.